The minimum atomic E-state index is -1.25. The number of ether oxygens (including phenoxy) is 1. The lowest BCUT2D eigenvalue weighted by atomic mass is 10.0. The molecule has 0 spiro atoms. The van der Waals surface area contributed by atoms with Gasteiger partial charge < -0.3 is 15.2 Å². The molecule has 7 nitrogen and oxygen atoms in total. The van der Waals surface area contributed by atoms with Gasteiger partial charge in [0.2, 0.25) is 0 Å². The Labute approximate surface area is 144 Å². The molecule has 0 radical (unpaired) electrons. The van der Waals surface area contributed by atoms with Crippen molar-refractivity contribution >= 4 is 23.7 Å². The largest absolute Gasteiger partial charge is 0.465 e. The van der Waals surface area contributed by atoms with Gasteiger partial charge in [-0.05, 0) is 17.7 Å². The van der Waals surface area contributed by atoms with E-state index in [1.165, 1.54) is 20.2 Å². The van der Waals surface area contributed by atoms with E-state index in [0.717, 1.165) is 4.90 Å². The number of nitrogens with zero attached hydrogens (tertiary/aromatic N) is 1. The van der Waals surface area contributed by atoms with Crippen LogP contribution in [0.1, 0.15) is 22.0 Å². The number of esters is 1. The minimum absolute atomic E-state index is 0.183. The highest BCUT2D eigenvalue weighted by Crippen LogP contribution is 2.23. The standard InChI is InChI=1S/C18H18N2O5/c1-20(18(23)24)15(12-8-4-3-5-9-12)16(21)19-14-11-7-6-10-13(14)17(22)25-2/h3-11,15H,1-2H3,(H,19,21)(H,23,24). The van der Waals surface area contributed by atoms with Crippen LogP contribution in [0.25, 0.3) is 0 Å². The number of carbonyl (C=O) groups excluding carboxylic acids is 2. The summed E-state index contributed by atoms with van der Waals surface area (Å²) in [6.07, 6.45) is -1.25. The number of anilines is 1. The summed E-state index contributed by atoms with van der Waals surface area (Å²) in [7, 11) is 2.55. The zero-order valence-corrected chi connectivity index (χ0v) is 13.8. The lowest BCUT2D eigenvalue weighted by molar-refractivity contribution is -0.120. The zero-order chi connectivity index (χ0) is 18.4. The van der Waals surface area contributed by atoms with Crippen LogP contribution in [0.5, 0.6) is 0 Å². The van der Waals surface area contributed by atoms with Crippen LogP contribution in [0.2, 0.25) is 0 Å². The van der Waals surface area contributed by atoms with Crippen molar-refractivity contribution in [2.24, 2.45) is 0 Å². The highest BCUT2D eigenvalue weighted by molar-refractivity contribution is 6.03. The number of nitrogens with one attached hydrogen (secondary N) is 1. The van der Waals surface area contributed by atoms with E-state index < -0.39 is 24.0 Å². The van der Waals surface area contributed by atoms with E-state index in [4.69, 9.17) is 4.74 Å². The van der Waals surface area contributed by atoms with Crippen LogP contribution >= 0.6 is 0 Å². The number of amides is 2. The molecule has 0 aliphatic heterocycles. The van der Waals surface area contributed by atoms with Crippen molar-refractivity contribution in [2.45, 2.75) is 6.04 Å². The molecule has 0 bridgehead atoms. The van der Waals surface area contributed by atoms with E-state index >= 15 is 0 Å². The maximum absolute atomic E-state index is 12.8. The van der Waals surface area contributed by atoms with Crippen LogP contribution < -0.4 is 5.32 Å². The van der Waals surface area contributed by atoms with Gasteiger partial charge in [-0.1, -0.05) is 42.5 Å². The molecule has 2 rings (SSSR count). The number of methoxy groups -OCH3 is 1. The predicted molar refractivity (Wildman–Crippen MR) is 91.4 cm³/mol. The highest BCUT2D eigenvalue weighted by atomic mass is 16.5. The third-order valence-electron chi connectivity index (χ3n) is 3.64. The molecule has 0 heterocycles. The van der Waals surface area contributed by atoms with E-state index in [1.807, 2.05) is 0 Å². The molecule has 0 aliphatic carbocycles. The lowest BCUT2D eigenvalue weighted by Gasteiger charge is -2.25. The summed E-state index contributed by atoms with van der Waals surface area (Å²) in [6.45, 7) is 0. The number of hydrogen-bond acceptors (Lipinski definition) is 4. The first-order chi connectivity index (χ1) is 12.0. The van der Waals surface area contributed by atoms with Crippen molar-refractivity contribution in [1.29, 1.82) is 0 Å². The predicted octanol–water partition coefficient (Wildman–Crippen LogP) is 2.76. The van der Waals surface area contributed by atoms with Gasteiger partial charge in [0.05, 0.1) is 18.4 Å². The van der Waals surface area contributed by atoms with Gasteiger partial charge in [0.15, 0.2) is 0 Å². The van der Waals surface area contributed by atoms with Gasteiger partial charge in [-0.25, -0.2) is 9.59 Å². The second-order valence-electron chi connectivity index (χ2n) is 5.23. The maximum Gasteiger partial charge on any atom is 0.407 e. The lowest BCUT2D eigenvalue weighted by Crippen LogP contribution is -2.38. The van der Waals surface area contributed by atoms with Crippen LogP contribution in [0.15, 0.2) is 54.6 Å². The Morgan fingerprint density at radius 1 is 1.04 bits per heavy atom. The van der Waals surface area contributed by atoms with Crippen molar-refractivity contribution < 1.29 is 24.2 Å². The molecule has 1 atom stereocenters. The fourth-order valence-corrected chi connectivity index (χ4v) is 2.38. The number of rotatable bonds is 5. The topological polar surface area (TPSA) is 95.9 Å². The first-order valence-electron chi connectivity index (χ1n) is 7.44. The van der Waals surface area contributed by atoms with E-state index in [2.05, 4.69) is 5.32 Å². The van der Waals surface area contributed by atoms with E-state index in [9.17, 15) is 19.5 Å². The Morgan fingerprint density at radius 2 is 1.64 bits per heavy atom. The summed E-state index contributed by atoms with van der Waals surface area (Å²) in [4.78, 5) is 36.8. The van der Waals surface area contributed by atoms with Gasteiger partial charge >= 0.3 is 12.1 Å². The van der Waals surface area contributed by atoms with Crippen LogP contribution in [0, 0.1) is 0 Å². The molecule has 0 aromatic heterocycles. The highest BCUT2D eigenvalue weighted by Gasteiger charge is 2.29. The van der Waals surface area contributed by atoms with Crippen LogP contribution in [-0.4, -0.2) is 42.1 Å². The van der Waals surface area contributed by atoms with Crippen molar-refractivity contribution in [1.82, 2.24) is 4.90 Å². The fourth-order valence-electron chi connectivity index (χ4n) is 2.38. The normalized spacial score (nSPS) is 11.3. The van der Waals surface area contributed by atoms with Crippen molar-refractivity contribution in [3.63, 3.8) is 0 Å². The Kier molecular flexibility index (Phi) is 5.73. The number of carboxylic acid groups (broad SMARTS) is 1. The average molecular weight is 342 g/mol. The van der Waals surface area contributed by atoms with E-state index in [-0.39, 0.29) is 11.3 Å². The molecule has 2 aromatic carbocycles. The number of para-hydroxylation sites is 1. The summed E-state index contributed by atoms with van der Waals surface area (Å²) >= 11 is 0. The number of hydrogen-bond donors (Lipinski definition) is 2. The second-order valence-corrected chi connectivity index (χ2v) is 5.23. The van der Waals surface area contributed by atoms with Crippen molar-refractivity contribution in [3.8, 4) is 0 Å². The number of benzene rings is 2. The number of likely N-dealkylation sites (N-methyl/N-ethyl adjacent to an activating group) is 1. The molecule has 0 aliphatic rings. The maximum atomic E-state index is 12.8. The molecule has 2 N–H and O–H groups in total. The van der Waals surface area contributed by atoms with E-state index in [1.54, 1.807) is 48.5 Å². The molecule has 130 valence electrons. The molecular formula is C18H18N2O5. The number of carbonyl (C=O) groups is 3. The quantitative estimate of drug-likeness (QED) is 0.815. The van der Waals surface area contributed by atoms with Gasteiger partial charge in [-0.15, -0.1) is 0 Å². The molecule has 0 fully saturated rings. The minimum Gasteiger partial charge on any atom is -0.465 e. The van der Waals surface area contributed by atoms with Gasteiger partial charge in [0.25, 0.3) is 5.91 Å². The fraction of sp³-hybridized carbons (Fsp3) is 0.167. The van der Waals surface area contributed by atoms with Crippen LogP contribution in [0.3, 0.4) is 0 Å². The second kappa shape index (κ2) is 7.96. The molecule has 0 saturated heterocycles. The summed E-state index contributed by atoms with van der Waals surface area (Å²) in [6, 6.07) is 13.8. The van der Waals surface area contributed by atoms with Crippen LogP contribution in [0.4, 0.5) is 10.5 Å². The summed E-state index contributed by atoms with van der Waals surface area (Å²) in [5.41, 5.74) is 0.947. The summed E-state index contributed by atoms with van der Waals surface area (Å²) in [5, 5.41) is 11.9. The molecule has 7 heteroatoms. The molecule has 2 aromatic rings. The molecular weight excluding hydrogens is 324 g/mol. The van der Waals surface area contributed by atoms with Gasteiger partial charge in [-0.2, -0.15) is 0 Å². The Hall–Kier alpha value is -3.35. The van der Waals surface area contributed by atoms with Crippen LogP contribution in [-0.2, 0) is 9.53 Å². The summed E-state index contributed by atoms with van der Waals surface area (Å²) in [5.74, 6) is -1.17. The van der Waals surface area contributed by atoms with Crippen molar-refractivity contribution in [3.05, 3.63) is 65.7 Å². The Morgan fingerprint density at radius 3 is 2.24 bits per heavy atom. The first-order valence-corrected chi connectivity index (χ1v) is 7.44. The van der Waals surface area contributed by atoms with Gasteiger partial charge in [0, 0.05) is 7.05 Å². The van der Waals surface area contributed by atoms with Gasteiger partial charge in [-0.3, -0.25) is 9.69 Å². The third-order valence-corrected chi connectivity index (χ3v) is 3.64. The summed E-state index contributed by atoms with van der Waals surface area (Å²) < 4.78 is 4.69. The Balaban J connectivity index is 2.36. The monoisotopic (exact) mass is 342 g/mol. The first kappa shape index (κ1) is 18.0. The zero-order valence-electron chi connectivity index (χ0n) is 13.8. The SMILES string of the molecule is COC(=O)c1ccccc1NC(=O)C(c1ccccc1)N(C)C(=O)O. The Bertz CT molecular complexity index is 776. The molecule has 25 heavy (non-hydrogen) atoms. The third kappa shape index (κ3) is 4.14. The molecule has 0 saturated carbocycles. The van der Waals surface area contributed by atoms with Gasteiger partial charge in [0.1, 0.15) is 6.04 Å². The average Bonchev–Trinajstić information content (AvgIpc) is 2.62. The molecule has 1 unspecified atom stereocenters. The smallest absolute Gasteiger partial charge is 0.407 e. The van der Waals surface area contributed by atoms with Crippen molar-refractivity contribution in [2.75, 3.05) is 19.5 Å². The van der Waals surface area contributed by atoms with E-state index in [0.29, 0.717) is 5.56 Å². The molecule has 2 amide bonds.